The van der Waals surface area contributed by atoms with Crippen LogP contribution in [0.5, 0.6) is 0 Å². The predicted molar refractivity (Wildman–Crippen MR) is 127 cm³/mol. The minimum absolute atomic E-state index is 0.0368. The van der Waals surface area contributed by atoms with Gasteiger partial charge in [0.2, 0.25) is 0 Å². The van der Waals surface area contributed by atoms with Crippen LogP contribution in [0.4, 0.5) is 39.4 Å². The molecule has 2 heterocycles. The molecule has 1 atom stereocenters. The quantitative estimate of drug-likeness (QED) is 0.532. The number of hydrazine groups is 1. The number of rotatable bonds is 7. The molecule has 0 bridgehead atoms. The topological polar surface area (TPSA) is 99.3 Å². The van der Waals surface area contributed by atoms with Gasteiger partial charge in [0.15, 0.2) is 17.4 Å². The van der Waals surface area contributed by atoms with Crippen molar-refractivity contribution in [3.8, 4) is 0 Å². The number of para-hydroxylation sites is 1. The first-order chi connectivity index (χ1) is 17.7. The van der Waals surface area contributed by atoms with Gasteiger partial charge in [-0.15, -0.1) is 0 Å². The minimum atomic E-state index is -3.09. The molecule has 0 aromatic heterocycles. The van der Waals surface area contributed by atoms with Crippen LogP contribution in [0.25, 0.3) is 0 Å². The smallest absolute Gasteiger partial charge is 0.414 e. The number of amides is 1. The highest BCUT2D eigenvalue weighted by atomic mass is 32.1. The molecule has 1 amide bonds. The molecule has 37 heavy (non-hydrogen) atoms. The van der Waals surface area contributed by atoms with Gasteiger partial charge in [-0.25, -0.2) is 27.8 Å². The van der Waals surface area contributed by atoms with E-state index in [1.165, 1.54) is 0 Å². The maximum Gasteiger partial charge on any atom is 0.414 e. The van der Waals surface area contributed by atoms with Crippen molar-refractivity contribution in [1.29, 1.82) is 0 Å². The van der Waals surface area contributed by atoms with Gasteiger partial charge in [-0.2, -0.15) is 8.42 Å². The van der Waals surface area contributed by atoms with E-state index in [4.69, 9.17) is 13.2 Å². The Morgan fingerprint density at radius 2 is 1.70 bits per heavy atom. The Bertz CT molecular complexity index is 1110. The number of ketones is 1. The molecule has 14 heteroatoms. The number of carbonyl (C=O) groups is 2. The van der Waals surface area contributed by atoms with Crippen LogP contribution in [0.15, 0.2) is 42.5 Å². The molecule has 0 spiro atoms. The fourth-order valence-corrected chi connectivity index (χ4v) is 4.09. The number of benzene rings is 2. The van der Waals surface area contributed by atoms with Gasteiger partial charge in [-0.1, -0.05) is 18.2 Å². The monoisotopic (exact) mass is 544 g/mol. The predicted octanol–water partition coefficient (Wildman–Crippen LogP) is 3.07. The lowest BCUT2D eigenvalue weighted by atomic mass is 10.1. The van der Waals surface area contributed by atoms with Crippen molar-refractivity contribution in [2.75, 3.05) is 47.5 Å². The second-order valence-corrected chi connectivity index (χ2v) is 8.27. The summed E-state index contributed by atoms with van der Waals surface area (Å²) in [5.74, 6) is -2.90. The largest absolute Gasteiger partial charge is 0.444 e. The number of alkyl halides is 2. The Hall–Kier alpha value is -3.52. The van der Waals surface area contributed by atoms with Gasteiger partial charge in [-0.3, -0.25) is 9.69 Å². The number of Topliss-reactive ketones (excluding diaryl/α,β-unsaturated/α-hetero) is 1. The van der Waals surface area contributed by atoms with E-state index in [0.29, 0.717) is 26.2 Å². The molecule has 0 aliphatic carbocycles. The van der Waals surface area contributed by atoms with E-state index in [1.54, 1.807) is 4.90 Å². The van der Waals surface area contributed by atoms with Crippen LogP contribution in [0, 0.1) is 11.6 Å². The third kappa shape index (κ3) is 7.26. The zero-order valence-corrected chi connectivity index (χ0v) is 20.3. The molecule has 200 valence electrons. The van der Waals surface area contributed by atoms with E-state index in [1.807, 2.05) is 35.3 Å². The van der Waals surface area contributed by atoms with Crippen LogP contribution >= 0.6 is 0 Å². The number of halogens is 4. The van der Waals surface area contributed by atoms with Gasteiger partial charge < -0.3 is 14.6 Å². The summed E-state index contributed by atoms with van der Waals surface area (Å²) in [6, 6.07) is 11.7. The average Bonchev–Trinajstić information content (AvgIpc) is 3.07. The third-order valence-electron chi connectivity index (χ3n) is 5.81. The molecule has 4 rings (SSSR count). The number of ether oxygens (including phenoxy) is 1. The molecule has 2 aliphatic heterocycles. The Kier molecular flexibility index (Phi) is 9.97. The maximum absolute atomic E-state index is 15.0. The van der Waals surface area contributed by atoms with Gasteiger partial charge in [0.25, 0.3) is 6.43 Å². The Labute approximate surface area is 213 Å². The molecule has 0 unspecified atom stereocenters. The lowest BCUT2D eigenvalue weighted by Crippen LogP contribution is -2.38. The summed E-state index contributed by atoms with van der Waals surface area (Å²) in [7, 11) is 0. The van der Waals surface area contributed by atoms with Gasteiger partial charge in [0, 0.05) is 38.2 Å². The summed E-state index contributed by atoms with van der Waals surface area (Å²) >= 11 is -0.750. The first-order valence-corrected chi connectivity index (χ1v) is 11.9. The summed E-state index contributed by atoms with van der Waals surface area (Å²) in [4.78, 5) is 25.9. The molecule has 2 aromatic carbocycles. The summed E-state index contributed by atoms with van der Waals surface area (Å²) in [6.45, 7) is 1.59. The second-order valence-electron chi connectivity index (χ2n) is 8.13. The summed E-state index contributed by atoms with van der Waals surface area (Å²) in [5, 5.41) is 1.92. The molecule has 0 radical (unpaired) electrons. The molecule has 0 saturated carbocycles. The molecule has 2 fully saturated rings. The SMILES string of the molecule is O=C(CC[C@H]1CN(c2cc(F)c(N3CCNN(c4ccccc4)CC3)c(F)c2)C(=O)O1)C(F)F.O=S=O. The number of cyclic esters (lactones) is 1. The van der Waals surface area contributed by atoms with Gasteiger partial charge in [-0.05, 0) is 18.6 Å². The van der Waals surface area contributed by atoms with E-state index < -0.39 is 54.0 Å². The normalized spacial score (nSPS) is 17.7. The standard InChI is InChI=1S/C23H24F4N4O3.O2S/c24-18-12-16(30-14-17(34-23(30)33)6-7-20(32)22(26)27)13-19(25)21(18)29-9-8-28-31(11-10-29)15-4-2-1-3-5-15;1-3-2/h1-5,12-13,17,22,28H,6-11,14H2;/t17-;/m0./s1. The van der Waals surface area contributed by atoms with Gasteiger partial charge >= 0.3 is 17.7 Å². The third-order valence-corrected chi connectivity index (χ3v) is 5.81. The molecule has 2 aliphatic rings. The van der Waals surface area contributed by atoms with Crippen molar-refractivity contribution < 1.29 is 40.3 Å². The first kappa shape index (κ1) is 28.1. The summed E-state index contributed by atoms with van der Waals surface area (Å²) in [5.41, 5.74) is 3.95. The number of hydrogen-bond donors (Lipinski definition) is 1. The van der Waals surface area contributed by atoms with Crippen LogP contribution in [0.3, 0.4) is 0 Å². The molecular formula is C23H24F4N4O5S. The van der Waals surface area contributed by atoms with Crippen molar-refractivity contribution in [2.24, 2.45) is 0 Å². The van der Waals surface area contributed by atoms with Crippen LogP contribution < -0.4 is 20.2 Å². The number of carbonyl (C=O) groups excluding carboxylic acids is 2. The van der Waals surface area contributed by atoms with Crippen molar-refractivity contribution in [1.82, 2.24) is 5.43 Å². The van der Waals surface area contributed by atoms with Gasteiger partial charge in [0.1, 0.15) is 11.8 Å². The van der Waals surface area contributed by atoms with Crippen LogP contribution in [0.2, 0.25) is 0 Å². The second kappa shape index (κ2) is 13.1. The zero-order chi connectivity index (χ0) is 26.9. The Balaban J connectivity index is 0.00000121. The molecule has 2 aromatic rings. The molecular weight excluding hydrogens is 520 g/mol. The molecule has 1 N–H and O–H groups in total. The van der Waals surface area contributed by atoms with E-state index >= 15 is 8.78 Å². The van der Waals surface area contributed by atoms with Crippen molar-refractivity contribution in [3.05, 3.63) is 54.1 Å². The van der Waals surface area contributed by atoms with E-state index in [-0.39, 0.29) is 24.3 Å². The first-order valence-electron chi connectivity index (χ1n) is 11.3. The highest BCUT2D eigenvalue weighted by Crippen LogP contribution is 2.32. The van der Waals surface area contributed by atoms with E-state index in [0.717, 1.165) is 22.7 Å². The molecule has 9 nitrogen and oxygen atoms in total. The lowest BCUT2D eigenvalue weighted by molar-refractivity contribution is -0.129. The van der Waals surface area contributed by atoms with Crippen LogP contribution in [-0.2, 0) is 21.1 Å². The molecule has 2 saturated heterocycles. The zero-order valence-electron chi connectivity index (χ0n) is 19.4. The minimum Gasteiger partial charge on any atom is -0.444 e. The lowest BCUT2D eigenvalue weighted by Gasteiger charge is -2.25. The number of nitrogens with zero attached hydrogens (tertiary/aromatic N) is 3. The number of hydrogen-bond acceptors (Lipinski definition) is 8. The van der Waals surface area contributed by atoms with E-state index in [9.17, 15) is 18.4 Å². The average molecular weight is 545 g/mol. The Morgan fingerprint density at radius 1 is 1.05 bits per heavy atom. The van der Waals surface area contributed by atoms with Crippen LogP contribution in [-0.4, -0.2) is 65.5 Å². The maximum atomic E-state index is 15.0. The summed E-state index contributed by atoms with van der Waals surface area (Å²) in [6.07, 6.45) is -5.29. The number of nitrogens with one attached hydrogen (secondary N) is 1. The van der Waals surface area contributed by atoms with Crippen LogP contribution in [0.1, 0.15) is 12.8 Å². The van der Waals surface area contributed by atoms with E-state index in [2.05, 4.69) is 5.43 Å². The van der Waals surface area contributed by atoms with Crippen molar-refractivity contribution in [3.63, 3.8) is 0 Å². The Morgan fingerprint density at radius 3 is 2.32 bits per heavy atom. The van der Waals surface area contributed by atoms with Crippen molar-refractivity contribution in [2.45, 2.75) is 25.4 Å². The van der Waals surface area contributed by atoms with Crippen molar-refractivity contribution >= 4 is 40.5 Å². The van der Waals surface area contributed by atoms with Gasteiger partial charge in [0.05, 0.1) is 24.5 Å². The number of anilines is 3. The highest BCUT2D eigenvalue weighted by Gasteiger charge is 2.34. The highest BCUT2D eigenvalue weighted by molar-refractivity contribution is 7.51. The summed E-state index contributed by atoms with van der Waals surface area (Å²) < 4.78 is 76.5. The fraction of sp³-hybridized carbons (Fsp3) is 0.391. The fourth-order valence-electron chi connectivity index (χ4n) is 4.09.